The topological polar surface area (TPSA) is 3.24 Å². The van der Waals surface area contributed by atoms with Crippen LogP contribution in [0.25, 0.3) is 0 Å². The standard InChI is InChI=1S/C11H27NP/c1-10(2,3)12(11(4,5)6)13(7,8)9/h1-9H3/q+1. The highest BCUT2D eigenvalue weighted by atomic mass is 31.2. The van der Waals surface area contributed by atoms with E-state index in [-0.39, 0.29) is 11.1 Å². The molecule has 0 aromatic rings. The van der Waals surface area contributed by atoms with Crippen LogP contribution in [0.15, 0.2) is 0 Å². The van der Waals surface area contributed by atoms with Gasteiger partial charge in [-0.15, -0.1) is 0 Å². The van der Waals surface area contributed by atoms with Gasteiger partial charge in [0.05, 0.1) is 27.4 Å². The fourth-order valence-electron chi connectivity index (χ4n) is 2.81. The first-order valence-electron chi connectivity index (χ1n) is 4.99. The number of nitrogens with zero attached hydrogens (tertiary/aromatic N) is 1. The van der Waals surface area contributed by atoms with Crippen LogP contribution in [0.4, 0.5) is 0 Å². The zero-order valence-corrected chi connectivity index (χ0v) is 11.8. The molecule has 0 saturated carbocycles. The molecule has 0 aliphatic carbocycles. The summed E-state index contributed by atoms with van der Waals surface area (Å²) in [6.07, 6.45) is 0. The molecular weight excluding hydrogens is 177 g/mol. The smallest absolute Gasteiger partial charge is 0.0753 e. The third-order valence-corrected chi connectivity index (χ3v) is 4.27. The Kier molecular flexibility index (Phi) is 3.62. The summed E-state index contributed by atoms with van der Waals surface area (Å²) in [4.78, 5) is 0. The van der Waals surface area contributed by atoms with Crippen LogP contribution in [0, 0.1) is 0 Å². The molecule has 2 heteroatoms. The Labute approximate surface area is 85.3 Å². The van der Waals surface area contributed by atoms with E-state index < -0.39 is 7.41 Å². The predicted molar refractivity (Wildman–Crippen MR) is 66.0 cm³/mol. The van der Waals surface area contributed by atoms with Gasteiger partial charge in [-0.25, -0.2) is 0 Å². The van der Waals surface area contributed by atoms with Gasteiger partial charge in [-0.3, -0.25) is 0 Å². The molecule has 13 heavy (non-hydrogen) atoms. The molecule has 0 bridgehead atoms. The van der Waals surface area contributed by atoms with Crippen molar-refractivity contribution in [2.75, 3.05) is 20.0 Å². The molecule has 1 nitrogen and oxygen atoms in total. The first-order valence-corrected chi connectivity index (χ1v) is 8.07. The Bertz CT molecular complexity index is 133. The molecule has 80 valence electrons. The van der Waals surface area contributed by atoms with Gasteiger partial charge in [-0.1, -0.05) is 0 Å². The minimum absolute atomic E-state index is 0.268. The Morgan fingerprint density at radius 1 is 0.692 bits per heavy atom. The highest BCUT2D eigenvalue weighted by molar-refractivity contribution is 7.71. The van der Waals surface area contributed by atoms with E-state index in [9.17, 15) is 0 Å². The maximum Gasteiger partial charge on any atom is 0.0753 e. The van der Waals surface area contributed by atoms with Gasteiger partial charge >= 0.3 is 0 Å². The zero-order valence-electron chi connectivity index (χ0n) is 10.9. The molecule has 0 N–H and O–H groups in total. The first kappa shape index (κ1) is 13.4. The van der Waals surface area contributed by atoms with Crippen LogP contribution in [0.5, 0.6) is 0 Å². The molecule has 0 spiro atoms. The Morgan fingerprint density at radius 2 is 0.923 bits per heavy atom. The lowest BCUT2D eigenvalue weighted by Gasteiger charge is -2.47. The summed E-state index contributed by atoms with van der Waals surface area (Å²) in [5, 5.41) is 0. The van der Waals surface area contributed by atoms with Crippen LogP contribution >= 0.6 is 7.41 Å². The minimum atomic E-state index is -0.936. The normalized spacial score (nSPS) is 15.2. The van der Waals surface area contributed by atoms with Crippen molar-refractivity contribution in [2.45, 2.75) is 52.6 Å². The van der Waals surface area contributed by atoms with E-state index in [4.69, 9.17) is 0 Å². The van der Waals surface area contributed by atoms with Crippen molar-refractivity contribution in [1.29, 1.82) is 0 Å². The fourth-order valence-corrected chi connectivity index (χ4v) is 6.41. The Balaban J connectivity index is 5.02. The maximum atomic E-state index is 2.67. The summed E-state index contributed by atoms with van der Waals surface area (Å²) < 4.78 is 2.67. The third kappa shape index (κ3) is 3.95. The third-order valence-electron chi connectivity index (χ3n) is 1.87. The van der Waals surface area contributed by atoms with Gasteiger partial charge in [0.1, 0.15) is 0 Å². The summed E-state index contributed by atoms with van der Waals surface area (Å²) in [7, 11) is -0.936. The Hall–Kier alpha value is 0.390. The molecule has 0 unspecified atom stereocenters. The van der Waals surface area contributed by atoms with Crippen molar-refractivity contribution < 1.29 is 0 Å². The lowest BCUT2D eigenvalue weighted by atomic mass is 10.0. The van der Waals surface area contributed by atoms with Gasteiger partial charge in [0, 0.05) is 11.1 Å². The lowest BCUT2D eigenvalue weighted by molar-refractivity contribution is 0.145. The molecule has 0 aliphatic rings. The number of rotatable bonds is 1. The van der Waals surface area contributed by atoms with Gasteiger partial charge in [0.2, 0.25) is 0 Å². The van der Waals surface area contributed by atoms with Crippen molar-refractivity contribution in [3.63, 3.8) is 0 Å². The monoisotopic (exact) mass is 204 g/mol. The molecule has 0 atom stereocenters. The van der Waals surface area contributed by atoms with Crippen LogP contribution < -0.4 is 0 Å². The molecule has 0 aromatic heterocycles. The maximum absolute atomic E-state index is 2.67. The van der Waals surface area contributed by atoms with Crippen molar-refractivity contribution in [1.82, 2.24) is 4.67 Å². The molecule has 0 aliphatic heterocycles. The van der Waals surface area contributed by atoms with Crippen molar-refractivity contribution >= 4 is 7.41 Å². The summed E-state index contributed by atoms with van der Waals surface area (Å²) in [5.41, 5.74) is 0.536. The quantitative estimate of drug-likeness (QED) is 0.589. The number of hydrogen-bond donors (Lipinski definition) is 0. The van der Waals surface area contributed by atoms with E-state index in [0.717, 1.165) is 0 Å². The molecule has 0 radical (unpaired) electrons. The van der Waals surface area contributed by atoms with E-state index in [1.54, 1.807) is 0 Å². The van der Waals surface area contributed by atoms with Crippen LogP contribution in [0.3, 0.4) is 0 Å². The second-order valence-electron chi connectivity index (χ2n) is 6.60. The van der Waals surface area contributed by atoms with Gasteiger partial charge in [-0.2, -0.15) is 4.67 Å². The van der Waals surface area contributed by atoms with E-state index in [1.165, 1.54) is 0 Å². The number of hydrogen-bond acceptors (Lipinski definition) is 1. The fraction of sp³-hybridized carbons (Fsp3) is 1.00. The zero-order chi connectivity index (χ0) is 11.1. The highest BCUT2D eigenvalue weighted by Gasteiger charge is 2.44. The van der Waals surface area contributed by atoms with Crippen LogP contribution in [-0.2, 0) is 0 Å². The molecule has 0 amide bonds. The summed E-state index contributed by atoms with van der Waals surface area (Å²) >= 11 is 0. The van der Waals surface area contributed by atoms with E-state index in [1.807, 2.05) is 0 Å². The lowest BCUT2D eigenvalue weighted by Crippen LogP contribution is -2.51. The minimum Gasteiger partial charge on any atom is -0.171 e. The SMILES string of the molecule is CC(C)(C)N(C(C)(C)C)[P+](C)(C)C. The van der Waals surface area contributed by atoms with Crippen molar-refractivity contribution in [3.05, 3.63) is 0 Å². The van der Waals surface area contributed by atoms with E-state index in [2.05, 4.69) is 66.2 Å². The second-order valence-corrected chi connectivity index (χ2v) is 10.9. The second kappa shape index (κ2) is 3.51. The highest BCUT2D eigenvalue weighted by Crippen LogP contribution is 2.58. The first-order chi connectivity index (χ1) is 5.37. The van der Waals surface area contributed by atoms with Crippen molar-refractivity contribution in [2.24, 2.45) is 0 Å². The van der Waals surface area contributed by atoms with Crippen LogP contribution in [0.1, 0.15) is 41.5 Å². The molecular formula is C11H27NP+. The molecule has 0 aromatic carbocycles. The summed E-state index contributed by atoms with van der Waals surface area (Å²) in [6, 6.07) is 0. The molecule has 0 rings (SSSR count). The predicted octanol–water partition coefficient (Wildman–Crippen LogP) is 3.71. The molecule has 0 fully saturated rings. The average molecular weight is 204 g/mol. The summed E-state index contributed by atoms with van der Waals surface area (Å²) in [5.74, 6) is 0. The largest absolute Gasteiger partial charge is 0.171 e. The van der Waals surface area contributed by atoms with E-state index >= 15 is 0 Å². The van der Waals surface area contributed by atoms with Crippen molar-refractivity contribution in [3.8, 4) is 0 Å². The van der Waals surface area contributed by atoms with Crippen LogP contribution in [-0.4, -0.2) is 35.7 Å². The van der Waals surface area contributed by atoms with Crippen LogP contribution in [0.2, 0.25) is 0 Å². The average Bonchev–Trinajstić information content (AvgIpc) is 1.44. The van der Waals surface area contributed by atoms with Gasteiger partial charge < -0.3 is 0 Å². The van der Waals surface area contributed by atoms with E-state index in [0.29, 0.717) is 0 Å². The Morgan fingerprint density at radius 3 is 0.923 bits per heavy atom. The van der Waals surface area contributed by atoms with Gasteiger partial charge in [0.25, 0.3) is 0 Å². The molecule has 0 heterocycles. The molecule has 0 saturated heterocycles. The summed E-state index contributed by atoms with van der Waals surface area (Å²) in [6.45, 7) is 21.0. The van der Waals surface area contributed by atoms with Gasteiger partial charge in [0.15, 0.2) is 0 Å². The van der Waals surface area contributed by atoms with Gasteiger partial charge in [-0.05, 0) is 41.5 Å².